The molecule has 4 heteroatoms. The summed E-state index contributed by atoms with van der Waals surface area (Å²) in [6, 6.07) is 67.4. The van der Waals surface area contributed by atoms with Crippen LogP contribution in [0, 0.1) is 0 Å². The third-order valence-electron chi connectivity index (χ3n) is 17.9. The van der Waals surface area contributed by atoms with Gasteiger partial charge in [0.1, 0.15) is 11.3 Å². The van der Waals surface area contributed by atoms with Crippen LogP contribution in [0.3, 0.4) is 0 Å². The first-order chi connectivity index (χ1) is 35.5. The highest BCUT2D eigenvalue weighted by molar-refractivity contribution is 6.94. The van der Waals surface area contributed by atoms with Gasteiger partial charge < -0.3 is 13.8 Å². The predicted octanol–water partition coefficient (Wildman–Crippen LogP) is 17.3. The molecule has 0 fully saturated rings. The van der Waals surface area contributed by atoms with Crippen LogP contribution in [0.1, 0.15) is 103 Å². The lowest BCUT2D eigenvalue weighted by Gasteiger charge is -2.42. The van der Waals surface area contributed by atoms with Crippen molar-refractivity contribution >= 4 is 61.9 Å². The minimum absolute atomic E-state index is 0.00514. The van der Waals surface area contributed by atoms with Crippen LogP contribution in [-0.2, 0) is 21.7 Å². The number of benzene rings is 9. The minimum atomic E-state index is -0.210. The minimum Gasteiger partial charge on any atom is -0.455 e. The Balaban J connectivity index is 1.09. The van der Waals surface area contributed by atoms with E-state index in [1.165, 1.54) is 117 Å². The highest BCUT2D eigenvalue weighted by Gasteiger charge is 2.47. The Bertz CT molecular complexity index is 4250. The smallest absolute Gasteiger partial charge is 0.333 e. The zero-order valence-corrected chi connectivity index (χ0v) is 44.1. The molecule has 4 aliphatic rings. The molecule has 9 aromatic carbocycles. The van der Waals surface area contributed by atoms with Crippen molar-refractivity contribution in [1.82, 2.24) is 4.57 Å². The van der Waals surface area contributed by atoms with Crippen molar-refractivity contribution in [2.45, 2.75) is 90.9 Å². The number of hydrogen-bond acceptors (Lipinski definition) is 2. The number of hydrogen-bond donors (Lipinski definition) is 0. The summed E-state index contributed by atoms with van der Waals surface area (Å²) in [6.45, 7) is 23.4. The first-order valence-corrected chi connectivity index (χ1v) is 26.7. The molecule has 0 atom stereocenters. The van der Waals surface area contributed by atoms with E-state index < -0.39 is 0 Å². The van der Waals surface area contributed by atoms with Gasteiger partial charge in [-0.1, -0.05) is 197 Å². The normalized spacial score (nSPS) is 15.3. The third kappa shape index (κ3) is 5.75. The van der Waals surface area contributed by atoms with E-state index in [1.54, 1.807) is 0 Å². The first kappa shape index (κ1) is 43.7. The van der Waals surface area contributed by atoms with Crippen LogP contribution in [0.4, 0.5) is 11.4 Å². The maximum atomic E-state index is 7.29. The lowest BCUT2D eigenvalue weighted by Crippen LogP contribution is -2.60. The lowest BCUT2D eigenvalue weighted by atomic mass is 9.44. The van der Waals surface area contributed by atoms with Crippen molar-refractivity contribution in [3.63, 3.8) is 0 Å². The van der Waals surface area contributed by atoms with Crippen LogP contribution in [0.15, 0.2) is 180 Å². The zero-order valence-electron chi connectivity index (χ0n) is 44.1. The number of anilines is 2. The lowest BCUT2D eigenvalue weighted by molar-refractivity contribution is 0.584. The van der Waals surface area contributed by atoms with E-state index in [-0.39, 0.29) is 28.5 Å². The molecule has 0 bridgehead atoms. The molecule has 15 rings (SSSR count). The van der Waals surface area contributed by atoms with Gasteiger partial charge in [-0.05, 0) is 137 Å². The van der Waals surface area contributed by atoms with Gasteiger partial charge in [0.15, 0.2) is 0 Å². The molecule has 0 amide bonds. The fraction of sp³-hybridized carbons (Fsp3) is 0.200. The van der Waals surface area contributed by atoms with Gasteiger partial charge in [-0.3, -0.25) is 0 Å². The van der Waals surface area contributed by atoms with Crippen LogP contribution >= 0.6 is 0 Å². The Kier molecular flexibility index (Phi) is 8.56. The van der Waals surface area contributed by atoms with Gasteiger partial charge in [-0.25, -0.2) is 0 Å². The molecule has 0 spiro atoms. The van der Waals surface area contributed by atoms with E-state index in [0.29, 0.717) is 0 Å². The highest BCUT2D eigenvalue weighted by atomic mass is 16.3. The van der Waals surface area contributed by atoms with Crippen molar-refractivity contribution in [2.75, 3.05) is 4.81 Å². The van der Waals surface area contributed by atoms with Crippen molar-refractivity contribution in [3.05, 3.63) is 209 Å². The number of rotatable bonds is 3. The molecule has 11 aromatic rings. The second-order valence-electron chi connectivity index (χ2n) is 24.9. The monoisotopic (exact) mass is 954 g/mol. The number of fused-ring (bicyclic) bond motifs is 15. The van der Waals surface area contributed by atoms with E-state index in [1.807, 2.05) is 0 Å². The molecule has 0 saturated heterocycles. The summed E-state index contributed by atoms with van der Waals surface area (Å²) in [4.78, 5) is 2.70. The Labute approximate surface area is 435 Å². The Morgan fingerprint density at radius 2 is 1.05 bits per heavy atom. The summed E-state index contributed by atoms with van der Waals surface area (Å²) in [5, 5.41) is 3.68. The van der Waals surface area contributed by atoms with E-state index in [9.17, 15) is 0 Å². The molecular formula is C70H59BN2O. The average Bonchev–Trinajstić information content (AvgIpc) is 4.11. The van der Waals surface area contributed by atoms with Gasteiger partial charge in [-0.15, -0.1) is 0 Å². The van der Waals surface area contributed by atoms with Crippen LogP contribution in [0.5, 0.6) is 0 Å². The maximum Gasteiger partial charge on any atom is 0.333 e. The molecule has 74 heavy (non-hydrogen) atoms. The Morgan fingerprint density at radius 3 is 1.78 bits per heavy atom. The van der Waals surface area contributed by atoms with E-state index >= 15 is 0 Å². The third-order valence-corrected chi connectivity index (χ3v) is 17.9. The van der Waals surface area contributed by atoms with Crippen LogP contribution in [0.2, 0.25) is 0 Å². The second kappa shape index (κ2) is 14.5. The van der Waals surface area contributed by atoms with Crippen molar-refractivity contribution < 1.29 is 4.42 Å². The quantitative estimate of drug-likeness (QED) is 0.165. The summed E-state index contributed by atoms with van der Waals surface area (Å²) in [7, 11) is 0. The maximum absolute atomic E-state index is 7.29. The summed E-state index contributed by atoms with van der Waals surface area (Å²) >= 11 is 0. The largest absolute Gasteiger partial charge is 0.455 e. The van der Waals surface area contributed by atoms with Gasteiger partial charge >= 0.3 is 6.85 Å². The molecule has 2 aliphatic heterocycles. The van der Waals surface area contributed by atoms with Crippen LogP contribution in [-0.4, -0.2) is 11.4 Å². The Hall–Kier alpha value is -7.82. The number of furan rings is 1. The Morgan fingerprint density at radius 1 is 0.446 bits per heavy atom. The fourth-order valence-electron chi connectivity index (χ4n) is 14.0. The highest BCUT2D eigenvalue weighted by Crippen LogP contribution is 2.57. The average molecular weight is 955 g/mol. The fourth-order valence-corrected chi connectivity index (χ4v) is 14.0. The van der Waals surface area contributed by atoms with Gasteiger partial charge in [0.2, 0.25) is 0 Å². The number of aromatic nitrogens is 1. The zero-order chi connectivity index (χ0) is 50.5. The number of nitrogens with zero attached hydrogens (tertiary/aromatic N) is 2. The summed E-state index contributed by atoms with van der Waals surface area (Å²) in [5.41, 5.74) is 28.8. The summed E-state index contributed by atoms with van der Waals surface area (Å²) in [6.07, 6.45) is 0. The van der Waals surface area contributed by atoms with Gasteiger partial charge in [0.05, 0.1) is 11.0 Å². The van der Waals surface area contributed by atoms with Gasteiger partial charge in [0, 0.05) is 60.7 Å². The van der Waals surface area contributed by atoms with Crippen LogP contribution in [0.25, 0.3) is 94.3 Å². The predicted molar refractivity (Wildman–Crippen MR) is 313 cm³/mol. The summed E-state index contributed by atoms with van der Waals surface area (Å²) in [5.74, 6) is 0.891. The topological polar surface area (TPSA) is 21.3 Å². The van der Waals surface area contributed by atoms with Gasteiger partial charge in [0.25, 0.3) is 0 Å². The van der Waals surface area contributed by atoms with E-state index in [0.717, 1.165) is 33.4 Å². The van der Waals surface area contributed by atoms with Crippen molar-refractivity contribution in [2.24, 2.45) is 0 Å². The summed E-state index contributed by atoms with van der Waals surface area (Å²) < 4.78 is 9.95. The SMILES string of the molecule is CC(C)(C)c1ccc(N2B3c4cc5oc(-c6ccccc6)c(-c6ccccc6)c5cc4-n4c5cc6c(cc5c5ccc(c3c54)-c3cc4c(cc32)C(C)(C)c2cc(C(C)(C)C)ccc2-4)-c2ccccc2C6(C)C)cc1. The molecule has 2 aromatic heterocycles. The molecule has 2 aliphatic carbocycles. The van der Waals surface area contributed by atoms with E-state index in [4.69, 9.17) is 4.42 Å². The van der Waals surface area contributed by atoms with Crippen molar-refractivity contribution in [1.29, 1.82) is 0 Å². The molecule has 0 radical (unpaired) electrons. The molecule has 3 nitrogen and oxygen atoms in total. The van der Waals surface area contributed by atoms with E-state index in [2.05, 4.69) is 255 Å². The molecule has 0 unspecified atom stereocenters. The molecule has 0 N–H and O–H groups in total. The first-order valence-electron chi connectivity index (χ1n) is 26.7. The molecule has 4 heterocycles. The van der Waals surface area contributed by atoms with Crippen LogP contribution < -0.4 is 15.7 Å². The molecule has 358 valence electrons. The standard InChI is InChI=1S/C70H59BN2O/c1-67(2,3)42-25-28-44(29-26-42)73-60-38-57-50(46-30-27-43(68(4,5)6)33-55(46)70(57,9)10)34-51(60)47-31-32-48-52-35-49-45-23-17-18-24-54(45)69(7,8)56(49)37-59(52)72-61-36-53-62(39-58(61)71(73)64(47)65(48)72)74-66(41-21-15-12-16-22-41)63(53)40-19-13-11-14-20-40/h11-39H,1-10H3. The molecular weight excluding hydrogens is 896 g/mol. The van der Waals surface area contributed by atoms with Crippen molar-refractivity contribution in [3.8, 4) is 61.5 Å². The second-order valence-corrected chi connectivity index (χ2v) is 24.9. The van der Waals surface area contributed by atoms with Gasteiger partial charge in [-0.2, -0.15) is 0 Å². The molecule has 0 saturated carbocycles.